The maximum absolute atomic E-state index is 12.4. The predicted octanol–water partition coefficient (Wildman–Crippen LogP) is 8.43. The Balaban J connectivity index is 0.000000298. The minimum absolute atomic E-state index is 0.0497. The highest BCUT2D eigenvalue weighted by Crippen LogP contribution is 2.48. The lowest BCUT2D eigenvalue weighted by Gasteiger charge is -2.31. The van der Waals surface area contributed by atoms with E-state index in [1.54, 1.807) is 0 Å². The van der Waals surface area contributed by atoms with E-state index in [1.165, 1.54) is 20.2 Å². The quantitative estimate of drug-likeness (QED) is 0.0765. The highest BCUT2D eigenvalue weighted by atomic mass is 127. The minimum Gasteiger partial charge on any atom is -0.743 e. The van der Waals surface area contributed by atoms with Crippen LogP contribution in [0.15, 0.2) is 99.6 Å². The third kappa shape index (κ3) is 8.78. The van der Waals surface area contributed by atoms with Gasteiger partial charge in [0.25, 0.3) is 0 Å². The van der Waals surface area contributed by atoms with E-state index in [4.69, 9.17) is 0 Å². The van der Waals surface area contributed by atoms with Crippen LogP contribution in [0.5, 0.6) is 0 Å². The van der Waals surface area contributed by atoms with Gasteiger partial charge in [0.05, 0.1) is 10.9 Å². The molecule has 3 rings (SSSR count). The molecule has 0 aliphatic carbocycles. The second kappa shape index (κ2) is 12.7. The van der Waals surface area contributed by atoms with Crippen LogP contribution in [0.2, 0.25) is 0 Å². The lowest BCUT2D eigenvalue weighted by atomic mass is 9.87. The molecule has 0 spiro atoms. The van der Waals surface area contributed by atoms with Gasteiger partial charge in [0.1, 0.15) is 0 Å². The van der Waals surface area contributed by atoms with Crippen molar-refractivity contribution < 1.29 is 52.8 Å². The van der Waals surface area contributed by atoms with Crippen LogP contribution in [-0.4, -0.2) is 34.4 Å². The molecular formula is C26H23F8IO4S2. The van der Waals surface area contributed by atoms with Gasteiger partial charge >= 0.3 is 21.4 Å². The molecule has 0 aliphatic heterocycles. The lowest BCUT2D eigenvalue weighted by Crippen LogP contribution is -2.54. The van der Waals surface area contributed by atoms with Crippen molar-refractivity contribution >= 4 is 43.6 Å². The average molecular weight is 742 g/mol. The molecule has 0 saturated carbocycles. The number of halogens is 9. The molecule has 0 radical (unpaired) electrons. The number of alkyl halides is 9. The zero-order valence-corrected chi connectivity index (χ0v) is 25.2. The van der Waals surface area contributed by atoms with E-state index in [9.17, 15) is 48.1 Å². The van der Waals surface area contributed by atoms with E-state index in [1.807, 2.05) is 4.74 Å². The molecule has 0 unspecified atom stereocenters. The summed E-state index contributed by atoms with van der Waals surface area (Å²) in [5.74, 6) is 0. The minimum atomic E-state index is -7.12. The Hall–Kier alpha value is -1.95. The molecule has 0 N–H and O–H groups in total. The molecule has 15 heteroatoms. The van der Waals surface area contributed by atoms with E-state index >= 15 is 0 Å². The van der Waals surface area contributed by atoms with Gasteiger partial charge in [-0.05, 0) is 47.4 Å². The summed E-state index contributed by atoms with van der Waals surface area (Å²) in [6.45, 7) is 6.78. The largest absolute Gasteiger partial charge is 0.743 e. The fourth-order valence-corrected chi connectivity index (χ4v) is 5.56. The Bertz CT molecular complexity index is 1340. The maximum atomic E-state index is 12.4. The fourth-order valence-electron chi connectivity index (χ4n) is 3.04. The molecule has 3 aromatic carbocycles. The highest BCUT2D eigenvalue weighted by Gasteiger charge is 2.71. The van der Waals surface area contributed by atoms with Gasteiger partial charge in [0, 0.05) is 22.6 Å². The Kier molecular flexibility index (Phi) is 10.9. The van der Waals surface area contributed by atoms with Crippen molar-refractivity contribution in [1.29, 1.82) is 0 Å². The SMILES string of the molecule is CC(C)(C)c1ccc([S+](c2ccccc2)c2ccccc2)cc1.O=S(=O)([O-])C(F)(F)C(F)(F)OC(F)(F)C(F)(F)I. The first kappa shape index (κ1) is 35.2. The first-order valence-electron chi connectivity index (χ1n) is 11.3. The van der Waals surface area contributed by atoms with Gasteiger partial charge in [-0.25, -0.2) is 13.2 Å². The summed E-state index contributed by atoms with van der Waals surface area (Å²) in [6, 6.07) is 30.7. The summed E-state index contributed by atoms with van der Waals surface area (Å²) < 4.78 is 123. The number of hydrogen-bond donors (Lipinski definition) is 0. The van der Waals surface area contributed by atoms with Crippen LogP contribution in [0, 0.1) is 0 Å². The Morgan fingerprint density at radius 2 is 1.02 bits per heavy atom. The van der Waals surface area contributed by atoms with Crippen LogP contribution in [0.1, 0.15) is 26.3 Å². The molecule has 0 fully saturated rings. The van der Waals surface area contributed by atoms with Crippen molar-refractivity contribution in [2.75, 3.05) is 0 Å². The molecule has 0 amide bonds. The molecule has 41 heavy (non-hydrogen) atoms. The van der Waals surface area contributed by atoms with Crippen molar-refractivity contribution in [2.24, 2.45) is 0 Å². The summed E-state index contributed by atoms with van der Waals surface area (Å²) in [5.41, 5.74) is 1.57. The molecule has 0 aromatic heterocycles. The van der Waals surface area contributed by atoms with Gasteiger partial charge in [-0.15, -0.1) is 0 Å². The van der Waals surface area contributed by atoms with Crippen molar-refractivity contribution in [3.63, 3.8) is 0 Å². The van der Waals surface area contributed by atoms with Crippen LogP contribution >= 0.6 is 22.6 Å². The smallest absolute Gasteiger partial charge is 0.438 e. The third-order valence-corrected chi connectivity index (χ3v) is 8.88. The molecule has 0 aliphatic rings. The summed E-state index contributed by atoms with van der Waals surface area (Å²) in [4.78, 5) is 4.10. The van der Waals surface area contributed by atoms with Crippen molar-refractivity contribution in [3.8, 4) is 0 Å². The van der Waals surface area contributed by atoms with E-state index < -0.39 is 54.1 Å². The molecule has 0 heterocycles. The zero-order chi connectivity index (χ0) is 31.5. The fraction of sp³-hybridized carbons (Fsp3) is 0.308. The standard InChI is InChI=1S/C22H23S.C4HF8IO4S/c1-22(2,3)18-14-16-21(17-15-18)23(19-10-6-4-7-11-19)20-12-8-5-9-13-20;5-1(6,13)2(7,8)17-3(9,10)4(11,12)18(14,15)16/h4-17H,1-3H3;(H,14,15,16)/q+1;/p-1. The van der Waals surface area contributed by atoms with Crippen LogP contribution in [0.25, 0.3) is 0 Å². The Labute approximate surface area is 248 Å². The van der Waals surface area contributed by atoms with E-state index in [0.717, 1.165) is 0 Å². The molecule has 3 aromatic rings. The van der Waals surface area contributed by atoms with Crippen molar-refractivity contribution in [2.45, 2.75) is 62.3 Å². The van der Waals surface area contributed by atoms with Crippen LogP contribution in [0.4, 0.5) is 35.1 Å². The molecule has 226 valence electrons. The highest BCUT2D eigenvalue weighted by molar-refractivity contribution is 14.1. The maximum Gasteiger partial charge on any atom is 0.438 e. The van der Waals surface area contributed by atoms with Crippen LogP contribution in [0.3, 0.4) is 0 Å². The number of benzene rings is 3. The van der Waals surface area contributed by atoms with Crippen LogP contribution in [-0.2, 0) is 31.2 Å². The van der Waals surface area contributed by atoms with E-state index in [2.05, 4.69) is 106 Å². The number of rotatable bonds is 8. The van der Waals surface area contributed by atoms with Gasteiger partial charge in [0.2, 0.25) is 0 Å². The second-order valence-electron chi connectivity index (χ2n) is 9.31. The Morgan fingerprint density at radius 3 is 1.34 bits per heavy atom. The molecular weight excluding hydrogens is 719 g/mol. The topological polar surface area (TPSA) is 66.4 Å². The van der Waals surface area contributed by atoms with Gasteiger partial charge < -0.3 is 4.55 Å². The zero-order valence-electron chi connectivity index (χ0n) is 21.4. The Morgan fingerprint density at radius 1 is 0.659 bits per heavy atom. The second-order valence-corrected chi connectivity index (χ2v) is 14.1. The molecule has 0 atom stereocenters. The lowest BCUT2D eigenvalue weighted by molar-refractivity contribution is -0.438. The molecule has 4 nitrogen and oxygen atoms in total. The molecule has 0 bridgehead atoms. The summed E-state index contributed by atoms with van der Waals surface area (Å²) in [6.07, 6.45) is -12.8. The van der Waals surface area contributed by atoms with Gasteiger partial charge in [-0.3, -0.25) is 0 Å². The van der Waals surface area contributed by atoms with Crippen molar-refractivity contribution in [1.82, 2.24) is 0 Å². The predicted molar refractivity (Wildman–Crippen MR) is 145 cm³/mol. The third-order valence-electron chi connectivity index (χ3n) is 5.15. The first-order valence-corrected chi connectivity index (χ1v) is 15.0. The average Bonchev–Trinajstić information content (AvgIpc) is 2.84. The van der Waals surface area contributed by atoms with Crippen molar-refractivity contribution in [3.05, 3.63) is 90.5 Å². The summed E-state index contributed by atoms with van der Waals surface area (Å²) in [5, 5.41) is -6.65. The first-order chi connectivity index (χ1) is 18.5. The molecule has 0 saturated heterocycles. The summed E-state index contributed by atoms with van der Waals surface area (Å²) >= 11 is -0.406. The number of ether oxygens (including phenoxy) is 1. The van der Waals surface area contributed by atoms with Gasteiger partial charge in [-0.1, -0.05) is 69.3 Å². The van der Waals surface area contributed by atoms with Gasteiger partial charge in [0.15, 0.2) is 24.8 Å². The monoisotopic (exact) mass is 742 g/mol. The van der Waals surface area contributed by atoms with E-state index in [-0.39, 0.29) is 16.3 Å². The van der Waals surface area contributed by atoms with E-state index in [0.29, 0.717) is 0 Å². The normalized spacial score (nSPS) is 13.5. The summed E-state index contributed by atoms with van der Waals surface area (Å²) in [7, 11) is -7.17. The number of hydrogen-bond acceptors (Lipinski definition) is 4. The van der Waals surface area contributed by atoms with Gasteiger partial charge in [-0.2, -0.15) is 35.1 Å². The van der Waals surface area contributed by atoms with Crippen LogP contribution < -0.4 is 0 Å².